The van der Waals surface area contributed by atoms with E-state index in [1.165, 1.54) is 0 Å². The maximum absolute atomic E-state index is 13.0. The zero-order chi connectivity index (χ0) is 27.1. The highest BCUT2D eigenvalue weighted by Gasteiger charge is 2.21. The van der Waals surface area contributed by atoms with Crippen LogP contribution in [0.4, 0.5) is 16.3 Å². The number of hydrogen-bond donors (Lipinski definition) is 3. The number of hydrogen-bond acceptors (Lipinski definition) is 7. The van der Waals surface area contributed by atoms with Crippen LogP contribution in [0.15, 0.2) is 59.3 Å². The standard InChI is InChI=1S/C28H29N7O3S.ClH/c1-28(2,3)23-15-24(33-38-23)32-26(37)30-19-7-4-17(5-8-19)20-16-35-21-14-18(6-9-22(21)39-27(35)31-20)25(36)34-12-10-29-11-13-34;/h4-9,14-16,29H,10-13H2,1-3H3,(H2,30,32,33,37);1H. The Hall–Kier alpha value is -3.93. The van der Waals surface area contributed by atoms with E-state index in [1.807, 2.05) is 78.7 Å². The van der Waals surface area contributed by atoms with Gasteiger partial charge in [0.05, 0.1) is 15.9 Å². The fourth-order valence-electron chi connectivity index (χ4n) is 4.51. The molecule has 1 fully saturated rings. The zero-order valence-electron chi connectivity index (χ0n) is 22.4. The van der Waals surface area contributed by atoms with Gasteiger partial charge in [0.1, 0.15) is 5.76 Å². The Morgan fingerprint density at radius 2 is 1.77 bits per heavy atom. The first-order valence-electron chi connectivity index (χ1n) is 12.8. The summed E-state index contributed by atoms with van der Waals surface area (Å²) in [6, 6.07) is 14.7. The van der Waals surface area contributed by atoms with Gasteiger partial charge in [0.25, 0.3) is 5.91 Å². The van der Waals surface area contributed by atoms with Gasteiger partial charge in [0, 0.05) is 60.7 Å². The molecular weight excluding hydrogens is 550 g/mol. The molecule has 6 rings (SSSR count). The number of benzene rings is 2. The number of carbonyl (C=O) groups is 2. The minimum atomic E-state index is -0.406. The lowest BCUT2D eigenvalue weighted by molar-refractivity contribution is 0.0736. The first-order chi connectivity index (χ1) is 18.7. The van der Waals surface area contributed by atoms with E-state index in [1.54, 1.807) is 17.4 Å². The number of fused-ring (bicyclic) bond motifs is 3. The van der Waals surface area contributed by atoms with Gasteiger partial charge >= 0.3 is 6.03 Å². The lowest BCUT2D eigenvalue weighted by atomic mass is 9.93. The van der Waals surface area contributed by atoms with E-state index >= 15 is 0 Å². The molecule has 0 spiro atoms. The van der Waals surface area contributed by atoms with E-state index < -0.39 is 6.03 Å². The van der Waals surface area contributed by atoms with Gasteiger partial charge in [-0.2, -0.15) is 0 Å². The Morgan fingerprint density at radius 1 is 1.02 bits per heavy atom. The molecule has 0 unspecified atom stereocenters. The summed E-state index contributed by atoms with van der Waals surface area (Å²) in [6.45, 7) is 9.11. The fourth-order valence-corrected chi connectivity index (χ4v) is 5.50. The summed E-state index contributed by atoms with van der Waals surface area (Å²) in [4.78, 5) is 33.0. The smallest absolute Gasteiger partial charge is 0.324 e. The number of carbonyl (C=O) groups excluding carboxylic acids is 2. The molecule has 5 aromatic rings. The molecule has 1 aliphatic rings. The fraction of sp³-hybridized carbons (Fsp3) is 0.286. The van der Waals surface area contributed by atoms with Crippen molar-refractivity contribution < 1.29 is 14.1 Å². The maximum Gasteiger partial charge on any atom is 0.324 e. The number of imidazole rings is 1. The van der Waals surface area contributed by atoms with Gasteiger partial charge in [0.2, 0.25) is 0 Å². The lowest BCUT2D eigenvalue weighted by Gasteiger charge is -2.27. The summed E-state index contributed by atoms with van der Waals surface area (Å²) in [7, 11) is 0. The van der Waals surface area contributed by atoms with Crippen molar-refractivity contribution >= 4 is 62.4 Å². The molecule has 0 aliphatic carbocycles. The van der Waals surface area contributed by atoms with Crippen molar-refractivity contribution in [3.63, 3.8) is 0 Å². The molecule has 3 N–H and O–H groups in total. The second kappa shape index (κ2) is 10.9. The summed E-state index contributed by atoms with van der Waals surface area (Å²) in [5, 5.41) is 12.7. The number of rotatable bonds is 4. The van der Waals surface area contributed by atoms with E-state index in [9.17, 15) is 9.59 Å². The van der Waals surface area contributed by atoms with Crippen LogP contribution >= 0.6 is 23.7 Å². The largest absolute Gasteiger partial charge is 0.359 e. The lowest BCUT2D eigenvalue weighted by Crippen LogP contribution is -2.46. The van der Waals surface area contributed by atoms with Gasteiger partial charge in [-0.05, 0) is 30.3 Å². The number of halogens is 1. The second-order valence-corrected chi connectivity index (χ2v) is 11.6. The highest BCUT2D eigenvalue weighted by molar-refractivity contribution is 7.23. The van der Waals surface area contributed by atoms with Crippen molar-refractivity contribution in [1.29, 1.82) is 0 Å². The average Bonchev–Trinajstić information content (AvgIpc) is 3.64. The highest BCUT2D eigenvalue weighted by Crippen LogP contribution is 2.31. The molecule has 0 bridgehead atoms. The molecule has 208 valence electrons. The number of aromatic nitrogens is 3. The molecule has 3 amide bonds. The first-order valence-corrected chi connectivity index (χ1v) is 13.6. The summed E-state index contributed by atoms with van der Waals surface area (Å²) < 4.78 is 8.43. The van der Waals surface area contributed by atoms with Crippen LogP contribution in [0, 0.1) is 0 Å². The predicted molar refractivity (Wildman–Crippen MR) is 160 cm³/mol. The number of nitrogens with one attached hydrogen (secondary N) is 3. The van der Waals surface area contributed by atoms with Gasteiger partial charge in [-0.25, -0.2) is 9.78 Å². The average molecular weight is 580 g/mol. The molecular formula is C28H30ClN7O3S. The van der Waals surface area contributed by atoms with Crippen LogP contribution < -0.4 is 16.0 Å². The quantitative estimate of drug-likeness (QED) is 0.255. The van der Waals surface area contributed by atoms with Crippen LogP contribution in [-0.2, 0) is 5.41 Å². The third-order valence-electron chi connectivity index (χ3n) is 6.67. The molecule has 3 aromatic heterocycles. The molecule has 1 aliphatic heterocycles. The number of amides is 3. The number of urea groups is 1. The number of piperazine rings is 1. The first kappa shape index (κ1) is 27.6. The third kappa shape index (κ3) is 5.53. The Labute approximate surface area is 241 Å². The minimum Gasteiger partial charge on any atom is -0.359 e. The molecule has 0 radical (unpaired) electrons. The molecule has 10 nitrogen and oxygen atoms in total. The summed E-state index contributed by atoms with van der Waals surface area (Å²) in [5.41, 5.74) is 3.83. The van der Waals surface area contributed by atoms with Gasteiger partial charge in [-0.3, -0.25) is 14.5 Å². The van der Waals surface area contributed by atoms with Crippen LogP contribution in [-0.4, -0.2) is 57.6 Å². The third-order valence-corrected chi connectivity index (χ3v) is 7.71. The van der Waals surface area contributed by atoms with Crippen LogP contribution in [0.2, 0.25) is 0 Å². The van der Waals surface area contributed by atoms with Gasteiger partial charge in [-0.1, -0.05) is 49.4 Å². The Bertz CT molecular complexity index is 1680. The van der Waals surface area contributed by atoms with Crippen molar-refractivity contribution in [2.24, 2.45) is 0 Å². The number of anilines is 2. The van der Waals surface area contributed by atoms with E-state index in [0.29, 0.717) is 22.8 Å². The molecule has 2 aromatic carbocycles. The highest BCUT2D eigenvalue weighted by atomic mass is 35.5. The van der Waals surface area contributed by atoms with E-state index in [-0.39, 0.29) is 23.7 Å². The molecule has 40 heavy (non-hydrogen) atoms. The molecule has 4 heterocycles. The number of nitrogens with zero attached hydrogens (tertiary/aromatic N) is 4. The number of thiazole rings is 1. The van der Waals surface area contributed by atoms with Crippen molar-refractivity contribution in [1.82, 2.24) is 24.8 Å². The minimum absolute atomic E-state index is 0. The topological polar surface area (TPSA) is 117 Å². The molecule has 0 saturated carbocycles. The van der Waals surface area contributed by atoms with Crippen molar-refractivity contribution in [3.05, 3.63) is 66.1 Å². The van der Waals surface area contributed by atoms with Crippen LogP contribution in [0.5, 0.6) is 0 Å². The zero-order valence-corrected chi connectivity index (χ0v) is 24.0. The van der Waals surface area contributed by atoms with Gasteiger partial charge < -0.3 is 20.1 Å². The Balaban J connectivity index is 0.00000323. The van der Waals surface area contributed by atoms with Crippen molar-refractivity contribution in [3.8, 4) is 11.3 Å². The summed E-state index contributed by atoms with van der Waals surface area (Å²) >= 11 is 1.59. The maximum atomic E-state index is 13.0. The molecule has 1 saturated heterocycles. The van der Waals surface area contributed by atoms with Gasteiger partial charge in [0.15, 0.2) is 10.8 Å². The SMILES string of the molecule is CC(C)(C)c1cc(NC(=O)Nc2ccc(-c3cn4c(n3)sc3ccc(C(=O)N5CCNCC5)cc34)cc2)no1.Cl. The summed E-state index contributed by atoms with van der Waals surface area (Å²) in [6.07, 6.45) is 1.99. The van der Waals surface area contributed by atoms with Crippen LogP contribution in [0.1, 0.15) is 36.9 Å². The van der Waals surface area contributed by atoms with E-state index in [2.05, 4.69) is 21.1 Å². The molecule has 12 heteroatoms. The summed E-state index contributed by atoms with van der Waals surface area (Å²) in [5.74, 6) is 1.11. The molecule has 0 atom stereocenters. The van der Waals surface area contributed by atoms with E-state index in [4.69, 9.17) is 9.51 Å². The second-order valence-electron chi connectivity index (χ2n) is 10.6. The monoisotopic (exact) mass is 579 g/mol. The Morgan fingerprint density at radius 3 is 2.48 bits per heavy atom. The van der Waals surface area contributed by atoms with Crippen LogP contribution in [0.25, 0.3) is 26.4 Å². The van der Waals surface area contributed by atoms with Crippen molar-refractivity contribution in [2.45, 2.75) is 26.2 Å². The Kier molecular flexibility index (Phi) is 7.54. The van der Waals surface area contributed by atoms with Crippen LogP contribution in [0.3, 0.4) is 0 Å². The normalized spacial score (nSPS) is 13.8. The predicted octanol–water partition coefficient (Wildman–Crippen LogP) is 5.61. The van der Waals surface area contributed by atoms with Gasteiger partial charge in [-0.15, -0.1) is 12.4 Å². The van der Waals surface area contributed by atoms with Crippen molar-refractivity contribution in [2.75, 3.05) is 36.8 Å². The van der Waals surface area contributed by atoms with E-state index in [0.717, 1.165) is 52.6 Å².